The highest BCUT2D eigenvalue weighted by Crippen LogP contribution is 2.21. The van der Waals surface area contributed by atoms with E-state index in [1.165, 1.54) is 0 Å². The first kappa shape index (κ1) is 16.7. The largest absolute Gasteiger partial charge is 0.402 e. The van der Waals surface area contributed by atoms with Crippen molar-refractivity contribution in [1.29, 1.82) is 0 Å². The molecular weight excluding hydrogens is 285 g/mol. The molecule has 1 rings (SSSR count). The van der Waals surface area contributed by atoms with Gasteiger partial charge in [-0.25, -0.2) is 8.42 Å². The van der Waals surface area contributed by atoms with E-state index in [-0.39, 0.29) is 11.7 Å². The van der Waals surface area contributed by atoms with Crippen LogP contribution in [0.4, 0.5) is 13.2 Å². The fourth-order valence-electron chi connectivity index (χ4n) is 2.10. The van der Waals surface area contributed by atoms with E-state index in [1.807, 2.05) is 0 Å². The van der Waals surface area contributed by atoms with Crippen molar-refractivity contribution >= 4 is 10.0 Å². The summed E-state index contributed by atoms with van der Waals surface area (Å²) in [5, 5.41) is 11.7. The number of aliphatic hydroxyl groups is 1. The molecule has 1 unspecified atom stereocenters. The van der Waals surface area contributed by atoms with Gasteiger partial charge in [-0.15, -0.1) is 0 Å². The first-order chi connectivity index (χ1) is 8.74. The molecule has 0 amide bonds. The highest BCUT2D eigenvalue weighted by atomic mass is 32.2. The zero-order chi connectivity index (χ0) is 14.5. The van der Waals surface area contributed by atoms with E-state index in [4.69, 9.17) is 5.11 Å². The quantitative estimate of drug-likeness (QED) is 0.734. The molecule has 2 N–H and O–H groups in total. The van der Waals surface area contributed by atoms with E-state index in [9.17, 15) is 21.6 Å². The third-order valence-electron chi connectivity index (χ3n) is 2.94. The molecule has 114 valence electrons. The van der Waals surface area contributed by atoms with Crippen molar-refractivity contribution in [3.63, 3.8) is 0 Å². The van der Waals surface area contributed by atoms with Gasteiger partial charge in [-0.3, -0.25) is 0 Å². The van der Waals surface area contributed by atoms with Gasteiger partial charge in [-0.2, -0.15) is 17.5 Å². The summed E-state index contributed by atoms with van der Waals surface area (Å²) in [7, 11) is -4.00. The lowest BCUT2D eigenvalue weighted by Crippen LogP contribution is -2.44. The average Bonchev–Trinajstić information content (AvgIpc) is 2.27. The van der Waals surface area contributed by atoms with Crippen LogP contribution in [0.3, 0.4) is 0 Å². The maximum Gasteiger partial charge on any atom is 0.402 e. The number of piperidine rings is 1. The maximum atomic E-state index is 12.3. The lowest BCUT2D eigenvalue weighted by atomic mass is 10.0. The van der Waals surface area contributed by atoms with Crippen LogP contribution < -0.4 is 5.32 Å². The van der Waals surface area contributed by atoms with Crippen LogP contribution in [0, 0.1) is 5.92 Å². The van der Waals surface area contributed by atoms with Crippen LogP contribution in [0.1, 0.15) is 12.8 Å². The molecule has 1 heterocycles. The van der Waals surface area contributed by atoms with E-state index in [2.05, 4.69) is 5.32 Å². The van der Waals surface area contributed by atoms with E-state index in [0.29, 0.717) is 17.3 Å². The first-order valence-electron chi connectivity index (χ1n) is 6.11. The Balaban J connectivity index is 2.68. The Bertz CT molecular complexity index is 367. The number of nitrogens with one attached hydrogen (secondary N) is 1. The highest BCUT2D eigenvalue weighted by molar-refractivity contribution is 7.89. The lowest BCUT2D eigenvalue weighted by molar-refractivity contribution is -0.136. The zero-order valence-electron chi connectivity index (χ0n) is 10.5. The number of halogens is 3. The molecule has 0 bridgehead atoms. The van der Waals surface area contributed by atoms with E-state index in [0.717, 1.165) is 13.0 Å². The summed E-state index contributed by atoms with van der Waals surface area (Å²) in [4.78, 5) is 0. The molecular formula is C10H19F3N2O3S. The average molecular weight is 304 g/mol. The normalized spacial score (nSPS) is 21.8. The third-order valence-corrected chi connectivity index (χ3v) is 4.93. The number of aliphatic hydroxyl groups excluding tert-OH is 1. The molecule has 1 aliphatic rings. The second kappa shape index (κ2) is 6.87. The Hall–Kier alpha value is -0.380. The van der Waals surface area contributed by atoms with Gasteiger partial charge in [0.1, 0.15) is 6.54 Å². The Labute approximate surface area is 110 Å². The van der Waals surface area contributed by atoms with Gasteiger partial charge in [0.25, 0.3) is 0 Å². The molecule has 0 aromatic rings. The number of hydrogen-bond donors (Lipinski definition) is 2. The predicted molar refractivity (Wildman–Crippen MR) is 64.1 cm³/mol. The summed E-state index contributed by atoms with van der Waals surface area (Å²) in [5.74, 6) is -0.482. The Morgan fingerprint density at radius 3 is 2.53 bits per heavy atom. The highest BCUT2D eigenvalue weighted by Gasteiger charge is 2.37. The smallest absolute Gasteiger partial charge is 0.395 e. The van der Waals surface area contributed by atoms with E-state index in [1.54, 1.807) is 0 Å². The SMILES string of the molecule is O=S(=O)(CC1CCCNC1)N(CCO)CC(F)(F)F. The molecule has 0 radical (unpaired) electrons. The molecule has 0 aromatic carbocycles. The lowest BCUT2D eigenvalue weighted by Gasteiger charge is -2.27. The molecule has 19 heavy (non-hydrogen) atoms. The molecule has 0 spiro atoms. The molecule has 1 atom stereocenters. The molecule has 1 fully saturated rings. The fourth-order valence-corrected chi connectivity index (χ4v) is 3.89. The second-order valence-corrected chi connectivity index (χ2v) is 6.68. The summed E-state index contributed by atoms with van der Waals surface area (Å²) in [5.41, 5.74) is 0. The monoisotopic (exact) mass is 304 g/mol. The minimum atomic E-state index is -4.60. The zero-order valence-corrected chi connectivity index (χ0v) is 11.3. The van der Waals surface area contributed by atoms with Crippen molar-refractivity contribution < 1.29 is 26.7 Å². The van der Waals surface area contributed by atoms with Crippen LogP contribution >= 0.6 is 0 Å². The van der Waals surface area contributed by atoms with Crippen LogP contribution in [-0.4, -0.2) is 62.5 Å². The number of nitrogens with zero attached hydrogens (tertiary/aromatic N) is 1. The van der Waals surface area contributed by atoms with Gasteiger partial charge in [-0.1, -0.05) is 0 Å². The van der Waals surface area contributed by atoms with Gasteiger partial charge in [-0.05, 0) is 31.8 Å². The van der Waals surface area contributed by atoms with Crippen LogP contribution in [0.2, 0.25) is 0 Å². The second-order valence-electron chi connectivity index (χ2n) is 4.66. The van der Waals surface area contributed by atoms with Gasteiger partial charge < -0.3 is 10.4 Å². The number of alkyl halides is 3. The minimum Gasteiger partial charge on any atom is -0.395 e. The van der Waals surface area contributed by atoms with Crippen LogP contribution in [-0.2, 0) is 10.0 Å². The topological polar surface area (TPSA) is 69.6 Å². The van der Waals surface area contributed by atoms with Gasteiger partial charge in [0, 0.05) is 6.54 Å². The predicted octanol–water partition coefficient (Wildman–Crippen LogP) is 0.172. The first-order valence-corrected chi connectivity index (χ1v) is 7.71. The summed E-state index contributed by atoms with van der Waals surface area (Å²) in [6.45, 7) is -1.39. The number of sulfonamides is 1. The number of hydrogen-bond acceptors (Lipinski definition) is 4. The summed E-state index contributed by atoms with van der Waals surface area (Å²) in [6.07, 6.45) is -3.10. The fraction of sp³-hybridized carbons (Fsp3) is 1.00. The molecule has 1 aliphatic heterocycles. The van der Waals surface area contributed by atoms with Crippen LogP contribution in [0.15, 0.2) is 0 Å². The van der Waals surface area contributed by atoms with Gasteiger partial charge in [0.05, 0.1) is 12.4 Å². The number of rotatable bonds is 6. The third kappa shape index (κ3) is 6.07. The van der Waals surface area contributed by atoms with Gasteiger partial charge in [0.15, 0.2) is 0 Å². The van der Waals surface area contributed by atoms with Crippen molar-refractivity contribution in [3.8, 4) is 0 Å². The van der Waals surface area contributed by atoms with Crippen LogP contribution in [0.25, 0.3) is 0 Å². The standard InChI is InChI=1S/C10H19F3N2O3S/c11-10(12,13)8-15(4-5-16)19(17,18)7-9-2-1-3-14-6-9/h9,14,16H,1-8H2. The Kier molecular flexibility index (Phi) is 6.03. The van der Waals surface area contributed by atoms with Crippen molar-refractivity contribution in [2.24, 2.45) is 5.92 Å². The summed E-state index contributed by atoms with van der Waals surface area (Å²) >= 11 is 0. The Morgan fingerprint density at radius 1 is 1.37 bits per heavy atom. The maximum absolute atomic E-state index is 12.3. The van der Waals surface area contributed by atoms with Crippen LogP contribution in [0.5, 0.6) is 0 Å². The van der Waals surface area contributed by atoms with Gasteiger partial charge >= 0.3 is 6.18 Å². The summed E-state index contributed by atoms with van der Waals surface area (Å²) in [6, 6.07) is 0. The molecule has 1 saturated heterocycles. The van der Waals surface area contributed by atoms with Crippen molar-refractivity contribution in [2.45, 2.75) is 19.0 Å². The van der Waals surface area contributed by atoms with E-state index < -0.39 is 35.9 Å². The molecule has 0 aliphatic carbocycles. The van der Waals surface area contributed by atoms with Crippen molar-refractivity contribution in [1.82, 2.24) is 9.62 Å². The van der Waals surface area contributed by atoms with Crippen molar-refractivity contribution in [2.75, 3.05) is 38.5 Å². The van der Waals surface area contributed by atoms with Gasteiger partial charge in [0.2, 0.25) is 10.0 Å². The molecule has 0 saturated carbocycles. The minimum absolute atomic E-state index is 0.173. The molecule has 5 nitrogen and oxygen atoms in total. The summed E-state index contributed by atoms with van der Waals surface area (Å²) < 4.78 is 61.2. The van der Waals surface area contributed by atoms with E-state index >= 15 is 0 Å². The molecule has 9 heteroatoms. The Morgan fingerprint density at radius 2 is 2.05 bits per heavy atom. The molecule has 0 aromatic heterocycles. The van der Waals surface area contributed by atoms with Crippen molar-refractivity contribution in [3.05, 3.63) is 0 Å².